The maximum absolute atomic E-state index is 14.8. The van der Waals surface area contributed by atoms with Gasteiger partial charge in [0, 0.05) is 18.6 Å². The Morgan fingerprint density at radius 3 is 2.04 bits per heavy atom. The van der Waals surface area contributed by atoms with E-state index in [1.54, 1.807) is 25.7 Å². The van der Waals surface area contributed by atoms with Crippen LogP contribution in [0, 0.1) is 46.8 Å². The molecule has 0 aromatic carbocycles. The quantitative estimate of drug-likeness (QED) is 0.143. The van der Waals surface area contributed by atoms with Crippen molar-refractivity contribution in [3.8, 4) is 0 Å². The van der Waals surface area contributed by atoms with Crippen LogP contribution in [-0.2, 0) is 28.7 Å². The van der Waals surface area contributed by atoms with Crippen molar-refractivity contribution in [1.29, 1.82) is 0 Å². The summed E-state index contributed by atoms with van der Waals surface area (Å²) < 4.78 is 5.30. The number of ketones is 1. The van der Waals surface area contributed by atoms with Crippen LogP contribution in [0.5, 0.6) is 0 Å². The van der Waals surface area contributed by atoms with Gasteiger partial charge in [-0.2, -0.15) is 0 Å². The molecule has 5 atom stereocenters. The van der Waals surface area contributed by atoms with E-state index in [0.717, 1.165) is 51.4 Å². The van der Waals surface area contributed by atoms with Crippen molar-refractivity contribution >= 4 is 35.5 Å². The lowest BCUT2D eigenvalue weighted by Gasteiger charge is -2.56. The Bertz CT molecular complexity index is 1430. The smallest absolute Gasteiger partial charge is 0.315 e. The number of ether oxygens (including phenoxy) is 1. The fourth-order valence-corrected chi connectivity index (χ4v) is 11.5. The van der Waals surface area contributed by atoms with Crippen molar-refractivity contribution in [1.82, 2.24) is 26.2 Å². The maximum Gasteiger partial charge on any atom is 0.315 e. The SMILES string of the molecule is CC(C)CC[C@@H](NC(=O)[C@@H]1C2C(CN1C(=O)[C@@H](NC(=O)NC13CC4CC(CC(C4)C1)C3)C1CCCCC1)C2(C)C)C(=O)C(=O)NCCC(=O)OC(C)(C)C. The highest BCUT2D eigenvalue weighted by Crippen LogP contribution is 2.65. The summed E-state index contributed by atoms with van der Waals surface area (Å²) in [5.74, 6) is -0.574. The molecular formula is C42H67N5O7. The predicted octanol–water partition coefficient (Wildman–Crippen LogP) is 5.02. The van der Waals surface area contributed by atoms with Gasteiger partial charge in [-0.1, -0.05) is 47.0 Å². The number of Topliss-reactive ketones (excluding diaryl/α,β-unsaturated/α-hetero) is 1. The van der Waals surface area contributed by atoms with E-state index in [2.05, 4.69) is 35.1 Å². The molecule has 7 aliphatic rings. The number of nitrogens with zero attached hydrogens (tertiary/aromatic N) is 1. The molecule has 1 heterocycles. The van der Waals surface area contributed by atoms with Gasteiger partial charge in [-0.05, 0) is 132 Å². The molecular weight excluding hydrogens is 686 g/mol. The lowest BCUT2D eigenvalue weighted by Crippen LogP contribution is -2.64. The molecule has 0 radical (unpaired) electrons. The van der Waals surface area contributed by atoms with E-state index in [1.807, 2.05) is 13.8 Å². The highest BCUT2D eigenvalue weighted by Gasteiger charge is 2.70. The van der Waals surface area contributed by atoms with E-state index >= 15 is 0 Å². The molecule has 4 bridgehead atoms. The number of hydrogen-bond acceptors (Lipinski definition) is 7. The molecule has 1 aliphatic heterocycles. The third-order valence-corrected chi connectivity index (χ3v) is 13.8. The van der Waals surface area contributed by atoms with Gasteiger partial charge in [0.05, 0.1) is 12.5 Å². The molecule has 302 valence electrons. The van der Waals surface area contributed by atoms with Crippen molar-refractivity contribution in [2.75, 3.05) is 13.1 Å². The standard InChI is InChI=1S/C42H67N5O7/c1-24(2)13-14-30(35(49)37(51)43-16-15-31(48)54-40(3,4)5)44-36(50)34-32-29(41(32,6)7)23-47(34)38(52)33(28-11-9-8-10-12-28)45-39(53)46-42-20-25-17-26(21-42)19-27(18-25)22-42/h24-30,32-34H,8-23H2,1-7H3,(H,43,51)(H,44,50)(H2,45,46,53)/t25?,26?,27?,29?,30-,32?,33+,34+,42?/m1/s1. The summed E-state index contributed by atoms with van der Waals surface area (Å²) in [4.78, 5) is 83.5. The average molecular weight is 754 g/mol. The molecule has 0 spiro atoms. The number of urea groups is 1. The second-order valence-corrected chi connectivity index (χ2v) is 20.1. The number of esters is 1. The fraction of sp³-hybridized carbons (Fsp3) is 0.857. The molecule has 1 saturated heterocycles. The van der Waals surface area contributed by atoms with Crippen molar-refractivity contribution < 1.29 is 33.5 Å². The number of carbonyl (C=O) groups excluding carboxylic acids is 6. The molecule has 12 nitrogen and oxygen atoms in total. The Hall–Kier alpha value is -3.18. The van der Waals surface area contributed by atoms with E-state index in [9.17, 15) is 28.8 Å². The van der Waals surface area contributed by atoms with Gasteiger partial charge < -0.3 is 30.9 Å². The highest BCUT2D eigenvalue weighted by atomic mass is 16.6. The minimum absolute atomic E-state index is 0.0215. The van der Waals surface area contributed by atoms with Crippen LogP contribution in [0.3, 0.4) is 0 Å². The Morgan fingerprint density at radius 2 is 1.46 bits per heavy atom. The molecule has 7 rings (SSSR count). The Morgan fingerprint density at radius 1 is 0.852 bits per heavy atom. The Balaban J connectivity index is 1.15. The van der Waals surface area contributed by atoms with Crippen LogP contribution in [0.1, 0.15) is 138 Å². The molecule has 6 saturated carbocycles. The third-order valence-electron chi connectivity index (χ3n) is 13.8. The first-order valence-electron chi connectivity index (χ1n) is 21.1. The summed E-state index contributed by atoms with van der Waals surface area (Å²) in [5, 5.41) is 12.0. The summed E-state index contributed by atoms with van der Waals surface area (Å²) >= 11 is 0. The fourth-order valence-electron chi connectivity index (χ4n) is 11.5. The lowest BCUT2D eigenvalue weighted by atomic mass is 9.53. The van der Waals surface area contributed by atoms with Crippen LogP contribution >= 0.6 is 0 Å². The molecule has 12 heteroatoms. The Labute approximate surface area is 322 Å². The van der Waals surface area contributed by atoms with Crippen molar-refractivity contribution in [3.63, 3.8) is 0 Å². The number of likely N-dealkylation sites (tertiary alicyclic amines) is 1. The molecule has 54 heavy (non-hydrogen) atoms. The van der Waals surface area contributed by atoms with Crippen LogP contribution in [0.4, 0.5) is 4.79 Å². The number of piperidine rings is 1. The van der Waals surface area contributed by atoms with Gasteiger partial charge in [0.2, 0.25) is 17.6 Å². The molecule has 4 N–H and O–H groups in total. The number of nitrogens with one attached hydrogen (secondary N) is 4. The summed E-state index contributed by atoms with van der Waals surface area (Å²) in [6.45, 7) is 13.8. The highest BCUT2D eigenvalue weighted by molar-refractivity contribution is 6.38. The second-order valence-electron chi connectivity index (χ2n) is 20.1. The zero-order chi connectivity index (χ0) is 39.2. The van der Waals surface area contributed by atoms with Gasteiger partial charge in [0.15, 0.2) is 0 Å². The van der Waals surface area contributed by atoms with E-state index in [0.29, 0.717) is 30.7 Å². The first-order chi connectivity index (χ1) is 25.4. The van der Waals surface area contributed by atoms with E-state index in [1.165, 1.54) is 19.3 Å². The minimum atomic E-state index is -1.09. The lowest BCUT2D eigenvalue weighted by molar-refractivity contribution is -0.154. The van der Waals surface area contributed by atoms with Crippen LogP contribution in [0.25, 0.3) is 0 Å². The molecule has 0 aromatic heterocycles. The zero-order valence-electron chi connectivity index (χ0n) is 33.9. The minimum Gasteiger partial charge on any atom is -0.460 e. The van der Waals surface area contributed by atoms with Gasteiger partial charge in [-0.15, -0.1) is 0 Å². The number of carbonyl (C=O) groups is 6. The monoisotopic (exact) mass is 754 g/mol. The van der Waals surface area contributed by atoms with Crippen LogP contribution in [-0.4, -0.2) is 82.8 Å². The first kappa shape index (κ1) is 40.5. The zero-order valence-corrected chi connectivity index (χ0v) is 33.9. The normalized spacial score (nSPS) is 32.0. The van der Waals surface area contributed by atoms with Gasteiger partial charge >= 0.3 is 12.0 Å². The summed E-state index contributed by atoms with van der Waals surface area (Å²) in [7, 11) is 0. The number of fused-ring (bicyclic) bond motifs is 1. The summed E-state index contributed by atoms with van der Waals surface area (Å²) in [5.41, 5.74) is -1.03. The number of hydrogen-bond donors (Lipinski definition) is 4. The van der Waals surface area contributed by atoms with Crippen molar-refractivity contribution in [2.45, 2.75) is 168 Å². The summed E-state index contributed by atoms with van der Waals surface area (Å²) in [6.07, 6.45) is 12.4. The second kappa shape index (κ2) is 15.8. The Kier molecular flexibility index (Phi) is 11.8. The van der Waals surface area contributed by atoms with Gasteiger partial charge in [-0.25, -0.2) is 4.79 Å². The van der Waals surface area contributed by atoms with E-state index in [4.69, 9.17) is 4.74 Å². The van der Waals surface area contributed by atoms with Crippen molar-refractivity contribution in [3.05, 3.63) is 0 Å². The molecule has 0 aromatic rings. The number of rotatable bonds is 14. The van der Waals surface area contributed by atoms with Crippen LogP contribution in [0.15, 0.2) is 0 Å². The molecule has 6 aliphatic carbocycles. The van der Waals surface area contributed by atoms with Crippen LogP contribution in [0.2, 0.25) is 0 Å². The molecule has 5 amide bonds. The van der Waals surface area contributed by atoms with E-state index < -0.39 is 47.3 Å². The summed E-state index contributed by atoms with van der Waals surface area (Å²) in [6, 6.07) is -2.92. The predicted molar refractivity (Wildman–Crippen MR) is 204 cm³/mol. The molecule has 7 fully saturated rings. The van der Waals surface area contributed by atoms with Crippen LogP contribution < -0.4 is 21.3 Å². The maximum atomic E-state index is 14.8. The first-order valence-corrected chi connectivity index (χ1v) is 21.1. The van der Waals surface area contributed by atoms with Gasteiger partial charge in [0.25, 0.3) is 5.91 Å². The van der Waals surface area contributed by atoms with Gasteiger partial charge in [0.1, 0.15) is 17.7 Å². The van der Waals surface area contributed by atoms with Gasteiger partial charge in [-0.3, -0.25) is 24.0 Å². The molecule has 2 unspecified atom stereocenters. The largest absolute Gasteiger partial charge is 0.460 e. The average Bonchev–Trinajstić information content (AvgIpc) is 3.38. The third kappa shape index (κ3) is 9.09. The number of amides is 5. The van der Waals surface area contributed by atoms with E-state index in [-0.39, 0.29) is 66.0 Å². The topological polar surface area (TPSA) is 163 Å². The van der Waals surface area contributed by atoms with Crippen molar-refractivity contribution in [2.24, 2.45) is 46.8 Å².